The van der Waals surface area contributed by atoms with Crippen LogP contribution in [0.25, 0.3) is 5.69 Å². The number of carbonyl (C=O) groups excluding carboxylic acids is 2. The van der Waals surface area contributed by atoms with Crippen molar-refractivity contribution >= 4 is 23.4 Å². The van der Waals surface area contributed by atoms with Gasteiger partial charge < -0.3 is 4.74 Å². The average Bonchev–Trinajstić information content (AvgIpc) is 2.60. The molecule has 1 heterocycles. The number of hydrogen-bond acceptors (Lipinski definition) is 5. The molecule has 2 rings (SSSR count). The Balaban J connectivity index is 2.87. The topological polar surface area (TPSA) is 78.3 Å². The maximum atomic E-state index is 12.6. The number of benzene rings is 1. The maximum absolute atomic E-state index is 12.6. The number of Topliss-reactive ketones (excluding diaryl/α,β-unsaturated/α-hetero) is 1. The van der Waals surface area contributed by atoms with Crippen LogP contribution >= 0.6 is 11.6 Å². The van der Waals surface area contributed by atoms with Crippen molar-refractivity contribution in [1.82, 2.24) is 9.78 Å². The molecular weight excluding hydrogens is 332 g/mol. The third kappa shape index (κ3) is 3.23. The molecule has 0 aliphatic heterocycles. The van der Waals surface area contributed by atoms with E-state index in [1.54, 1.807) is 31.2 Å². The van der Waals surface area contributed by atoms with E-state index in [-0.39, 0.29) is 17.8 Å². The van der Waals surface area contributed by atoms with Crippen molar-refractivity contribution in [3.8, 4) is 5.69 Å². The molecule has 0 amide bonds. The molecule has 0 fully saturated rings. The van der Waals surface area contributed by atoms with Crippen LogP contribution in [-0.2, 0) is 11.2 Å². The average molecular weight is 349 g/mol. The summed E-state index contributed by atoms with van der Waals surface area (Å²) in [5.41, 5.74) is -0.101. The summed E-state index contributed by atoms with van der Waals surface area (Å²) < 4.78 is 6.05. The molecule has 0 saturated carbocycles. The Bertz CT molecular complexity index is 841. The fraction of sp³-hybridized carbons (Fsp3) is 0.294. The first-order chi connectivity index (χ1) is 11.4. The molecule has 1 aromatic heterocycles. The van der Waals surface area contributed by atoms with E-state index in [1.807, 2.05) is 6.92 Å². The Morgan fingerprint density at radius 3 is 2.33 bits per heavy atom. The van der Waals surface area contributed by atoms with Gasteiger partial charge in [-0.05, 0) is 30.7 Å². The monoisotopic (exact) mass is 348 g/mol. The van der Waals surface area contributed by atoms with Gasteiger partial charge in [-0.15, -0.1) is 0 Å². The fourth-order valence-corrected chi connectivity index (χ4v) is 2.50. The van der Waals surface area contributed by atoms with Gasteiger partial charge in [0.05, 0.1) is 24.1 Å². The quantitative estimate of drug-likeness (QED) is 0.613. The summed E-state index contributed by atoms with van der Waals surface area (Å²) in [6.07, 6.45) is 0.543. The van der Waals surface area contributed by atoms with Crippen LogP contribution in [-0.4, -0.2) is 28.6 Å². The third-order valence-electron chi connectivity index (χ3n) is 3.57. The predicted molar refractivity (Wildman–Crippen MR) is 90.2 cm³/mol. The third-order valence-corrected chi connectivity index (χ3v) is 3.82. The summed E-state index contributed by atoms with van der Waals surface area (Å²) >= 11 is 5.90. The van der Waals surface area contributed by atoms with Crippen LogP contribution in [0.5, 0.6) is 0 Å². The van der Waals surface area contributed by atoms with Gasteiger partial charge in [-0.2, -0.15) is 5.10 Å². The summed E-state index contributed by atoms with van der Waals surface area (Å²) in [6.45, 7) is 3.47. The second-order valence-corrected chi connectivity index (χ2v) is 5.45. The number of halogens is 1. The number of ketones is 1. The molecule has 0 atom stereocenters. The second-order valence-electron chi connectivity index (χ2n) is 5.01. The highest BCUT2D eigenvalue weighted by atomic mass is 35.5. The molecule has 0 unspecified atom stereocenters. The van der Waals surface area contributed by atoms with Gasteiger partial charge in [0.1, 0.15) is 0 Å². The van der Waals surface area contributed by atoms with E-state index in [9.17, 15) is 14.4 Å². The SMILES string of the molecule is CCC(=O)c1c(CC)n(-c2ccc(Cl)cc2)nc(C(=O)OC)c1=O. The molecule has 7 heteroatoms. The Morgan fingerprint density at radius 2 is 1.83 bits per heavy atom. The van der Waals surface area contributed by atoms with Crippen LogP contribution in [0.2, 0.25) is 5.02 Å². The van der Waals surface area contributed by atoms with Gasteiger partial charge in [0.2, 0.25) is 11.1 Å². The maximum Gasteiger partial charge on any atom is 0.362 e. The van der Waals surface area contributed by atoms with Gasteiger partial charge in [0, 0.05) is 11.4 Å². The first-order valence-electron chi connectivity index (χ1n) is 7.48. The molecule has 1 aromatic carbocycles. The van der Waals surface area contributed by atoms with E-state index >= 15 is 0 Å². The molecule has 126 valence electrons. The summed E-state index contributed by atoms with van der Waals surface area (Å²) in [4.78, 5) is 36.8. The molecule has 0 N–H and O–H groups in total. The van der Waals surface area contributed by atoms with Gasteiger partial charge in [-0.25, -0.2) is 9.48 Å². The lowest BCUT2D eigenvalue weighted by Gasteiger charge is -2.16. The lowest BCUT2D eigenvalue weighted by atomic mass is 10.0. The van der Waals surface area contributed by atoms with Gasteiger partial charge in [-0.1, -0.05) is 25.4 Å². The van der Waals surface area contributed by atoms with Gasteiger partial charge in [0.25, 0.3) is 0 Å². The van der Waals surface area contributed by atoms with Crippen molar-refractivity contribution in [3.05, 3.63) is 56.5 Å². The number of aromatic nitrogens is 2. The van der Waals surface area contributed by atoms with Crippen LogP contribution in [0.15, 0.2) is 29.1 Å². The largest absolute Gasteiger partial charge is 0.464 e. The second kappa shape index (κ2) is 7.40. The lowest BCUT2D eigenvalue weighted by molar-refractivity contribution is 0.0590. The van der Waals surface area contributed by atoms with E-state index in [4.69, 9.17) is 11.6 Å². The number of nitrogens with zero attached hydrogens (tertiary/aromatic N) is 2. The van der Waals surface area contributed by atoms with Crippen LogP contribution < -0.4 is 5.43 Å². The molecule has 0 saturated heterocycles. The summed E-state index contributed by atoms with van der Waals surface area (Å²) in [7, 11) is 1.16. The van der Waals surface area contributed by atoms with Crippen molar-refractivity contribution in [3.63, 3.8) is 0 Å². The van der Waals surface area contributed by atoms with Gasteiger partial charge in [0.15, 0.2) is 5.78 Å². The summed E-state index contributed by atoms with van der Waals surface area (Å²) in [5, 5.41) is 4.66. The fourth-order valence-electron chi connectivity index (χ4n) is 2.38. The normalized spacial score (nSPS) is 10.5. The van der Waals surface area contributed by atoms with Crippen LogP contribution in [0.1, 0.15) is 46.8 Å². The zero-order valence-electron chi connectivity index (χ0n) is 13.6. The van der Waals surface area contributed by atoms with Gasteiger partial charge >= 0.3 is 5.97 Å². The van der Waals surface area contributed by atoms with Crippen molar-refractivity contribution in [2.75, 3.05) is 7.11 Å². The first-order valence-corrected chi connectivity index (χ1v) is 7.86. The van der Waals surface area contributed by atoms with E-state index in [2.05, 4.69) is 9.84 Å². The Kier molecular flexibility index (Phi) is 5.51. The summed E-state index contributed by atoms with van der Waals surface area (Å²) in [5.74, 6) is -1.22. The number of hydrogen-bond donors (Lipinski definition) is 0. The van der Waals surface area contributed by atoms with Crippen LogP contribution in [0.3, 0.4) is 0 Å². The van der Waals surface area contributed by atoms with E-state index < -0.39 is 17.1 Å². The van der Waals surface area contributed by atoms with Gasteiger partial charge in [-0.3, -0.25) is 9.59 Å². The predicted octanol–water partition coefficient (Wildman–Crippen LogP) is 2.83. The molecule has 0 aliphatic carbocycles. The molecule has 0 bridgehead atoms. The van der Waals surface area contributed by atoms with Crippen LogP contribution in [0.4, 0.5) is 0 Å². The molecule has 0 aliphatic rings. The van der Waals surface area contributed by atoms with Crippen molar-refractivity contribution in [1.29, 1.82) is 0 Å². The highest BCUT2D eigenvalue weighted by molar-refractivity contribution is 6.30. The smallest absolute Gasteiger partial charge is 0.362 e. The summed E-state index contributed by atoms with van der Waals surface area (Å²) in [6, 6.07) is 6.71. The highest BCUT2D eigenvalue weighted by Crippen LogP contribution is 2.17. The Morgan fingerprint density at radius 1 is 1.21 bits per heavy atom. The molecule has 24 heavy (non-hydrogen) atoms. The molecule has 0 radical (unpaired) electrons. The highest BCUT2D eigenvalue weighted by Gasteiger charge is 2.25. The lowest BCUT2D eigenvalue weighted by Crippen LogP contribution is -2.31. The first kappa shape index (κ1) is 17.9. The van der Waals surface area contributed by atoms with Crippen molar-refractivity contribution < 1.29 is 14.3 Å². The van der Waals surface area contributed by atoms with E-state index in [0.717, 1.165) is 7.11 Å². The number of rotatable bonds is 5. The molecule has 0 spiro atoms. The van der Waals surface area contributed by atoms with Crippen LogP contribution in [0, 0.1) is 0 Å². The van der Waals surface area contributed by atoms with E-state index in [1.165, 1.54) is 4.68 Å². The Hall–Kier alpha value is -2.47. The minimum absolute atomic E-state index is 0.0228. The van der Waals surface area contributed by atoms with E-state index in [0.29, 0.717) is 22.8 Å². The Labute approximate surface area is 144 Å². The molecule has 6 nitrogen and oxygen atoms in total. The zero-order chi connectivity index (χ0) is 17.9. The van der Waals surface area contributed by atoms with Crippen molar-refractivity contribution in [2.24, 2.45) is 0 Å². The molecular formula is C17H17ClN2O4. The minimum Gasteiger partial charge on any atom is -0.464 e. The number of esters is 1. The zero-order valence-corrected chi connectivity index (χ0v) is 14.4. The molecule has 2 aromatic rings. The number of ether oxygens (including phenoxy) is 1. The number of carbonyl (C=O) groups is 2. The number of methoxy groups -OCH3 is 1. The van der Waals surface area contributed by atoms with Crippen molar-refractivity contribution in [2.45, 2.75) is 26.7 Å². The minimum atomic E-state index is -0.879. The standard InChI is InChI=1S/C17H17ClN2O4/c1-4-12-14(13(21)5-2)16(22)15(17(23)24-3)19-20(12)11-8-6-10(18)7-9-11/h6-9H,4-5H2,1-3H3.